The van der Waals surface area contributed by atoms with E-state index in [0.29, 0.717) is 30.2 Å². The number of carbonyl (C=O) groups is 2. The lowest BCUT2D eigenvalue weighted by Gasteiger charge is -2.11. The Morgan fingerprint density at radius 1 is 0.962 bits per heavy atom. The van der Waals surface area contributed by atoms with Crippen molar-refractivity contribution in [2.75, 3.05) is 26.8 Å². The highest BCUT2D eigenvalue weighted by molar-refractivity contribution is 5.96. The molecule has 0 atom stereocenters. The SMILES string of the molecule is COc1ccccc1C(=O)NCCNC(=O)COc1ccc(C)cc1C. The minimum absolute atomic E-state index is 0.0651. The van der Waals surface area contributed by atoms with Gasteiger partial charge in [-0.25, -0.2) is 0 Å². The Morgan fingerprint density at radius 2 is 1.69 bits per heavy atom. The number of hydrogen-bond donors (Lipinski definition) is 2. The molecule has 0 radical (unpaired) electrons. The van der Waals surface area contributed by atoms with Crippen LogP contribution in [-0.2, 0) is 4.79 Å². The predicted octanol–water partition coefficient (Wildman–Crippen LogP) is 2.24. The Hall–Kier alpha value is -3.02. The number of carbonyl (C=O) groups excluding carboxylic acids is 2. The second kappa shape index (κ2) is 9.46. The molecule has 0 aliphatic heterocycles. The summed E-state index contributed by atoms with van der Waals surface area (Å²) in [7, 11) is 1.52. The number of nitrogens with one attached hydrogen (secondary N) is 2. The molecule has 0 aliphatic rings. The summed E-state index contributed by atoms with van der Waals surface area (Å²) in [6.07, 6.45) is 0. The zero-order chi connectivity index (χ0) is 18.9. The summed E-state index contributed by atoms with van der Waals surface area (Å²) in [4.78, 5) is 24.0. The van der Waals surface area contributed by atoms with Crippen molar-refractivity contribution in [1.29, 1.82) is 0 Å². The zero-order valence-electron chi connectivity index (χ0n) is 15.3. The molecule has 6 heteroatoms. The van der Waals surface area contributed by atoms with Crippen LogP contribution in [0.15, 0.2) is 42.5 Å². The molecule has 0 bridgehead atoms. The fourth-order valence-electron chi connectivity index (χ4n) is 2.46. The summed E-state index contributed by atoms with van der Waals surface area (Å²) < 4.78 is 10.7. The Morgan fingerprint density at radius 3 is 2.42 bits per heavy atom. The first-order valence-corrected chi connectivity index (χ1v) is 8.39. The van der Waals surface area contributed by atoms with Crippen molar-refractivity contribution in [2.24, 2.45) is 0 Å². The summed E-state index contributed by atoms with van der Waals surface area (Å²) in [5.41, 5.74) is 2.59. The third-order valence-corrected chi connectivity index (χ3v) is 3.77. The number of benzene rings is 2. The van der Waals surface area contributed by atoms with Gasteiger partial charge in [-0.2, -0.15) is 0 Å². The molecule has 0 heterocycles. The molecule has 0 spiro atoms. The minimum Gasteiger partial charge on any atom is -0.496 e. The van der Waals surface area contributed by atoms with Gasteiger partial charge < -0.3 is 20.1 Å². The normalized spacial score (nSPS) is 10.1. The molecular formula is C20H24N2O4. The fourth-order valence-corrected chi connectivity index (χ4v) is 2.46. The molecule has 0 saturated carbocycles. The van der Waals surface area contributed by atoms with Crippen molar-refractivity contribution in [2.45, 2.75) is 13.8 Å². The molecule has 0 aromatic heterocycles. The Balaban J connectivity index is 1.70. The van der Waals surface area contributed by atoms with Crippen molar-refractivity contribution in [3.63, 3.8) is 0 Å². The molecule has 6 nitrogen and oxygen atoms in total. The van der Waals surface area contributed by atoms with Gasteiger partial charge in [0.05, 0.1) is 12.7 Å². The maximum Gasteiger partial charge on any atom is 0.258 e. The summed E-state index contributed by atoms with van der Waals surface area (Å²) in [6, 6.07) is 12.8. The number of rotatable bonds is 8. The molecule has 138 valence electrons. The molecule has 2 aromatic rings. The van der Waals surface area contributed by atoms with Crippen molar-refractivity contribution in [3.8, 4) is 11.5 Å². The van der Waals surface area contributed by atoms with E-state index >= 15 is 0 Å². The average Bonchev–Trinajstić information content (AvgIpc) is 2.64. The third kappa shape index (κ3) is 5.51. The summed E-state index contributed by atoms with van der Waals surface area (Å²) >= 11 is 0. The second-order valence-corrected chi connectivity index (χ2v) is 5.86. The maximum absolute atomic E-state index is 12.1. The molecule has 0 unspecified atom stereocenters. The van der Waals surface area contributed by atoms with Crippen LogP contribution >= 0.6 is 0 Å². The highest BCUT2D eigenvalue weighted by Gasteiger charge is 2.11. The van der Waals surface area contributed by atoms with Crippen LogP contribution in [0.4, 0.5) is 0 Å². The molecule has 2 rings (SSSR count). The van der Waals surface area contributed by atoms with Gasteiger partial charge in [0.15, 0.2) is 6.61 Å². The third-order valence-electron chi connectivity index (χ3n) is 3.77. The van der Waals surface area contributed by atoms with Gasteiger partial charge in [0.1, 0.15) is 11.5 Å². The van der Waals surface area contributed by atoms with Gasteiger partial charge in [-0.1, -0.05) is 29.8 Å². The number of methoxy groups -OCH3 is 1. The maximum atomic E-state index is 12.1. The smallest absolute Gasteiger partial charge is 0.258 e. The lowest BCUT2D eigenvalue weighted by molar-refractivity contribution is -0.123. The van der Waals surface area contributed by atoms with Crippen molar-refractivity contribution < 1.29 is 19.1 Å². The highest BCUT2D eigenvalue weighted by atomic mass is 16.5. The van der Waals surface area contributed by atoms with Crippen LogP contribution in [0, 0.1) is 13.8 Å². The van der Waals surface area contributed by atoms with Gasteiger partial charge in [0, 0.05) is 13.1 Å². The van der Waals surface area contributed by atoms with Gasteiger partial charge in [-0.05, 0) is 37.6 Å². The molecule has 2 N–H and O–H groups in total. The van der Waals surface area contributed by atoms with Gasteiger partial charge >= 0.3 is 0 Å². The standard InChI is InChI=1S/C20H24N2O4/c1-14-8-9-17(15(2)12-14)26-13-19(23)21-10-11-22-20(24)16-6-4-5-7-18(16)25-3/h4-9,12H,10-11,13H2,1-3H3,(H,21,23)(H,22,24). The molecule has 2 amide bonds. The number of hydrogen-bond acceptors (Lipinski definition) is 4. The van der Waals surface area contributed by atoms with Crippen LogP contribution in [0.3, 0.4) is 0 Å². The van der Waals surface area contributed by atoms with Gasteiger partial charge in [0.2, 0.25) is 0 Å². The van der Waals surface area contributed by atoms with E-state index in [1.165, 1.54) is 7.11 Å². The monoisotopic (exact) mass is 356 g/mol. The number of ether oxygens (including phenoxy) is 2. The predicted molar refractivity (Wildman–Crippen MR) is 99.7 cm³/mol. The van der Waals surface area contributed by atoms with Crippen LogP contribution in [0.2, 0.25) is 0 Å². The van der Waals surface area contributed by atoms with E-state index in [4.69, 9.17) is 9.47 Å². The van der Waals surface area contributed by atoms with Crippen molar-refractivity contribution in [1.82, 2.24) is 10.6 Å². The summed E-state index contributed by atoms with van der Waals surface area (Å²) in [6.45, 7) is 4.50. The van der Waals surface area contributed by atoms with Gasteiger partial charge in [0.25, 0.3) is 11.8 Å². The van der Waals surface area contributed by atoms with Crippen LogP contribution in [0.1, 0.15) is 21.5 Å². The summed E-state index contributed by atoms with van der Waals surface area (Å²) in [5, 5.41) is 5.45. The first-order chi connectivity index (χ1) is 12.5. The molecule has 2 aromatic carbocycles. The Labute approximate surface area is 153 Å². The first-order valence-electron chi connectivity index (χ1n) is 8.39. The van der Waals surface area contributed by atoms with E-state index in [-0.39, 0.29) is 18.4 Å². The molecular weight excluding hydrogens is 332 g/mol. The van der Waals surface area contributed by atoms with Crippen LogP contribution < -0.4 is 20.1 Å². The average molecular weight is 356 g/mol. The number of para-hydroxylation sites is 1. The summed E-state index contributed by atoms with van der Waals surface area (Å²) in [5.74, 6) is 0.714. The minimum atomic E-state index is -0.247. The molecule has 26 heavy (non-hydrogen) atoms. The second-order valence-electron chi connectivity index (χ2n) is 5.86. The van der Waals surface area contributed by atoms with E-state index < -0.39 is 0 Å². The van der Waals surface area contributed by atoms with Crippen molar-refractivity contribution >= 4 is 11.8 Å². The Kier molecular flexibility index (Phi) is 7.02. The largest absolute Gasteiger partial charge is 0.496 e. The van der Waals surface area contributed by atoms with E-state index in [0.717, 1.165) is 11.1 Å². The van der Waals surface area contributed by atoms with E-state index in [1.54, 1.807) is 24.3 Å². The topological polar surface area (TPSA) is 76.7 Å². The zero-order valence-corrected chi connectivity index (χ0v) is 15.3. The number of aryl methyl sites for hydroxylation is 2. The highest BCUT2D eigenvalue weighted by Crippen LogP contribution is 2.18. The quantitative estimate of drug-likeness (QED) is 0.711. The van der Waals surface area contributed by atoms with Crippen LogP contribution in [-0.4, -0.2) is 38.6 Å². The Bertz CT molecular complexity index is 774. The molecule has 0 aliphatic carbocycles. The molecule has 0 fully saturated rings. The van der Waals surface area contributed by atoms with E-state index in [1.807, 2.05) is 32.0 Å². The fraction of sp³-hybridized carbons (Fsp3) is 0.300. The lowest BCUT2D eigenvalue weighted by atomic mass is 10.1. The number of amides is 2. The van der Waals surface area contributed by atoms with Gasteiger partial charge in [-0.15, -0.1) is 0 Å². The molecule has 0 saturated heterocycles. The van der Waals surface area contributed by atoms with E-state index in [9.17, 15) is 9.59 Å². The lowest BCUT2D eigenvalue weighted by Crippen LogP contribution is -2.36. The van der Waals surface area contributed by atoms with Crippen LogP contribution in [0.5, 0.6) is 11.5 Å². The van der Waals surface area contributed by atoms with Crippen LogP contribution in [0.25, 0.3) is 0 Å². The first kappa shape index (κ1) is 19.3. The van der Waals surface area contributed by atoms with Gasteiger partial charge in [-0.3, -0.25) is 9.59 Å². The van der Waals surface area contributed by atoms with E-state index in [2.05, 4.69) is 10.6 Å². The van der Waals surface area contributed by atoms with Crippen molar-refractivity contribution in [3.05, 3.63) is 59.2 Å².